The summed E-state index contributed by atoms with van der Waals surface area (Å²) in [5.41, 5.74) is 0.00915. The van der Waals surface area contributed by atoms with Crippen LogP contribution in [0.2, 0.25) is 0 Å². The summed E-state index contributed by atoms with van der Waals surface area (Å²) in [6.45, 7) is 4.22. The minimum absolute atomic E-state index is 0.00915. The predicted molar refractivity (Wildman–Crippen MR) is 80.7 cm³/mol. The van der Waals surface area contributed by atoms with Crippen LogP contribution in [0.3, 0.4) is 0 Å². The monoisotopic (exact) mass is 296 g/mol. The summed E-state index contributed by atoms with van der Waals surface area (Å²) in [6.07, 6.45) is 4.10. The van der Waals surface area contributed by atoms with Gasteiger partial charge in [-0.05, 0) is 12.8 Å². The first-order chi connectivity index (χ1) is 10.1. The highest BCUT2D eigenvalue weighted by Crippen LogP contribution is 2.35. The van der Waals surface area contributed by atoms with Gasteiger partial charge in [0.05, 0.1) is 20.3 Å². The second-order valence-corrected chi connectivity index (χ2v) is 4.83. The van der Waals surface area contributed by atoms with E-state index >= 15 is 0 Å². The van der Waals surface area contributed by atoms with Crippen LogP contribution in [0.25, 0.3) is 0 Å². The minimum Gasteiger partial charge on any atom is -0.496 e. The van der Waals surface area contributed by atoms with Crippen molar-refractivity contribution in [2.24, 2.45) is 0 Å². The lowest BCUT2D eigenvalue weighted by atomic mass is 10.1. The van der Waals surface area contributed by atoms with Crippen molar-refractivity contribution in [3.8, 4) is 17.2 Å². The van der Waals surface area contributed by atoms with E-state index in [1.165, 1.54) is 14.2 Å². The maximum absolute atomic E-state index is 11.3. The van der Waals surface area contributed by atoms with Crippen LogP contribution in [0, 0.1) is 0 Å². The van der Waals surface area contributed by atoms with Crippen LogP contribution in [-0.2, 0) is 0 Å². The molecule has 0 bridgehead atoms. The van der Waals surface area contributed by atoms with Gasteiger partial charge >= 0.3 is 5.97 Å². The van der Waals surface area contributed by atoms with Crippen LogP contribution < -0.4 is 14.2 Å². The lowest BCUT2D eigenvalue weighted by molar-refractivity contribution is 0.0689. The van der Waals surface area contributed by atoms with Crippen molar-refractivity contribution in [3.63, 3.8) is 0 Å². The highest BCUT2D eigenvalue weighted by molar-refractivity contribution is 5.94. The van der Waals surface area contributed by atoms with Gasteiger partial charge in [-0.2, -0.15) is 0 Å². The van der Waals surface area contributed by atoms with E-state index in [2.05, 4.69) is 13.8 Å². The molecule has 1 rings (SSSR count). The lowest BCUT2D eigenvalue weighted by Crippen LogP contribution is -2.16. The van der Waals surface area contributed by atoms with Crippen molar-refractivity contribution in [2.75, 3.05) is 14.2 Å². The van der Waals surface area contributed by atoms with E-state index in [1.807, 2.05) is 0 Å². The summed E-state index contributed by atoms with van der Waals surface area (Å²) in [4.78, 5) is 11.3. The summed E-state index contributed by atoms with van der Waals surface area (Å²) >= 11 is 0. The zero-order valence-corrected chi connectivity index (χ0v) is 13.1. The summed E-state index contributed by atoms with van der Waals surface area (Å²) in [6, 6.07) is 3.20. The minimum atomic E-state index is -1.09. The van der Waals surface area contributed by atoms with E-state index in [1.54, 1.807) is 12.1 Å². The SMILES string of the molecule is CCCC(CCC)Oc1cc(OC)c(C(=O)O)c(OC)c1. The molecule has 0 aromatic heterocycles. The maximum atomic E-state index is 11.3. The van der Waals surface area contributed by atoms with Gasteiger partial charge in [-0.25, -0.2) is 4.79 Å². The predicted octanol–water partition coefficient (Wildman–Crippen LogP) is 3.75. The molecule has 0 aliphatic rings. The van der Waals surface area contributed by atoms with Gasteiger partial charge in [-0.3, -0.25) is 0 Å². The van der Waals surface area contributed by atoms with E-state index in [0.29, 0.717) is 5.75 Å². The summed E-state index contributed by atoms with van der Waals surface area (Å²) in [5, 5.41) is 9.25. The third kappa shape index (κ3) is 4.55. The van der Waals surface area contributed by atoms with Gasteiger partial charge in [0.25, 0.3) is 0 Å². The number of methoxy groups -OCH3 is 2. The van der Waals surface area contributed by atoms with Crippen molar-refractivity contribution >= 4 is 5.97 Å². The number of ether oxygens (including phenoxy) is 3. The Kier molecular flexibility index (Phi) is 6.85. The molecule has 0 aliphatic carbocycles. The molecule has 5 nitrogen and oxygen atoms in total. The number of benzene rings is 1. The average molecular weight is 296 g/mol. The number of aromatic carboxylic acids is 1. The first-order valence-corrected chi connectivity index (χ1v) is 7.23. The number of carbonyl (C=O) groups is 1. The fraction of sp³-hybridized carbons (Fsp3) is 0.562. The number of carboxylic acids is 1. The molecule has 1 aromatic carbocycles. The Labute approximate surface area is 125 Å². The van der Waals surface area contributed by atoms with Crippen LogP contribution >= 0.6 is 0 Å². The smallest absolute Gasteiger partial charge is 0.343 e. The second kappa shape index (κ2) is 8.39. The number of rotatable bonds is 9. The molecule has 0 spiro atoms. The van der Waals surface area contributed by atoms with Crippen LogP contribution in [-0.4, -0.2) is 31.4 Å². The van der Waals surface area contributed by atoms with Gasteiger partial charge in [0.2, 0.25) is 0 Å². The van der Waals surface area contributed by atoms with Crippen LogP contribution in [0.5, 0.6) is 17.2 Å². The number of hydrogen-bond donors (Lipinski definition) is 1. The lowest BCUT2D eigenvalue weighted by Gasteiger charge is -2.20. The summed E-state index contributed by atoms with van der Waals surface area (Å²) < 4.78 is 16.3. The Balaban J connectivity index is 3.10. The Morgan fingerprint density at radius 3 is 1.90 bits per heavy atom. The molecule has 0 atom stereocenters. The highest BCUT2D eigenvalue weighted by atomic mass is 16.5. The number of hydrogen-bond acceptors (Lipinski definition) is 4. The molecule has 1 N–H and O–H groups in total. The van der Waals surface area contributed by atoms with Crippen molar-refractivity contribution in [2.45, 2.75) is 45.6 Å². The van der Waals surface area contributed by atoms with E-state index in [9.17, 15) is 9.90 Å². The Hall–Kier alpha value is -1.91. The first kappa shape index (κ1) is 17.1. The third-order valence-electron chi connectivity index (χ3n) is 3.22. The molecule has 0 saturated heterocycles. The molecule has 0 unspecified atom stereocenters. The largest absolute Gasteiger partial charge is 0.496 e. The van der Waals surface area contributed by atoms with Gasteiger partial charge in [0.1, 0.15) is 22.8 Å². The van der Waals surface area contributed by atoms with E-state index in [-0.39, 0.29) is 23.2 Å². The van der Waals surface area contributed by atoms with E-state index in [4.69, 9.17) is 14.2 Å². The normalized spacial score (nSPS) is 10.5. The molecule has 0 aliphatic heterocycles. The third-order valence-corrected chi connectivity index (χ3v) is 3.22. The van der Waals surface area contributed by atoms with Crippen molar-refractivity contribution in [3.05, 3.63) is 17.7 Å². The Bertz CT molecular complexity index is 439. The molecular formula is C16H24O5. The molecule has 0 heterocycles. The molecule has 0 radical (unpaired) electrons. The quantitative estimate of drug-likeness (QED) is 0.751. The Morgan fingerprint density at radius 2 is 1.57 bits per heavy atom. The fourth-order valence-electron chi connectivity index (χ4n) is 2.27. The highest BCUT2D eigenvalue weighted by Gasteiger charge is 2.20. The molecule has 118 valence electrons. The van der Waals surface area contributed by atoms with Gasteiger partial charge in [0, 0.05) is 12.1 Å². The average Bonchev–Trinajstić information content (AvgIpc) is 2.46. The van der Waals surface area contributed by atoms with Crippen molar-refractivity contribution in [1.82, 2.24) is 0 Å². The number of carboxylic acid groups (broad SMARTS) is 1. The fourth-order valence-corrected chi connectivity index (χ4v) is 2.27. The van der Waals surface area contributed by atoms with Crippen LogP contribution in [0.15, 0.2) is 12.1 Å². The summed E-state index contributed by atoms with van der Waals surface area (Å²) in [5.74, 6) is -0.0401. The molecule has 0 fully saturated rings. The Morgan fingerprint density at radius 1 is 1.10 bits per heavy atom. The van der Waals surface area contributed by atoms with E-state index in [0.717, 1.165) is 25.7 Å². The van der Waals surface area contributed by atoms with Crippen LogP contribution in [0.1, 0.15) is 49.9 Å². The molecular weight excluding hydrogens is 272 g/mol. The molecule has 0 saturated carbocycles. The first-order valence-electron chi connectivity index (χ1n) is 7.23. The van der Waals surface area contributed by atoms with Gasteiger partial charge < -0.3 is 19.3 Å². The van der Waals surface area contributed by atoms with Gasteiger partial charge in [0.15, 0.2) is 0 Å². The van der Waals surface area contributed by atoms with E-state index < -0.39 is 5.97 Å². The standard InChI is InChI=1S/C16H24O5/c1-5-7-11(8-6-2)21-12-9-13(19-3)15(16(17)18)14(10-12)20-4/h9-11H,5-8H2,1-4H3,(H,17,18). The molecule has 5 heteroatoms. The summed E-state index contributed by atoms with van der Waals surface area (Å²) in [7, 11) is 2.86. The van der Waals surface area contributed by atoms with Gasteiger partial charge in [-0.15, -0.1) is 0 Å². The maximum Gasteiger partial charge on any atom is 0.343 e. The van der Waals surface area contributed by atoms with Crippen molar-refractivity contribution in [1.29, 1.82) is 0 Å². The second-order valence-electron chi connectivity index (χ2n) is 4.83. The molecule has 1 aromatic rings. The zero-order chi connectivity index (χ0) is 15.8. The topological polar surface area (TPSA) is 65.0 Å². The van der Waals surface area contributed by atoms with Crippen LogP contribution in [0.4, 0.5) is 0 Å². The van der Waals surface area contributed by atoms with Gasteiger partial charge in [-0.1, -0.05) is 26.7 Å². The van der Waals surface area contributed by atoms with Crippen molar-refractivity contribution < 1.29 is 24.1 Å². The molecule has 0 amide bonds. The zero-order valence-electron chi connectivity index (χ0n) is 13.1. The molecule has 21 heavy (non-hydrogen) atoms.